The van der Waals surface area contributed by atoms with Crippen LogP contribution in [0.25, 0.3) is 22.5 Å². The van der Waals surface area contributed by atoms with Crippen LogP contribution in [0, 0.1) is 5.82 Å². The van der Waals surface area contributed by atoms with Crippen molar-refractivity contribution in [3.8, 4) is 22.5 Å². The Hall–Kier alpha value is -2.74. The average molecular weight is 360 g/mol. The van der Waals surface area contributed by atoms with Gasteiger partial charge in [0.05, 0.1) is 17.1 Å². The molecule has 0 atom stereocenters. The summed E-state index contributed by atoms with van der Waals surface area (Å²) < 4.78 is 40.1. The van der Waals surface area contributed by atoms with Crippen LogP contribution in [0.15, 0.2) is 47.6 Å². The Morgan fingerprint density at radius 1 is 1.16 bits per heavy atom. The fraction of sp³-hybridized carbons (Fsp3) is 0.176. The fourth-order valence-electron chi connectivity index (χ4n) is 2.52. The molecule has 0 radical (unpaired) electrons. The molecule has 2 N–H and O–H groups in total. The van der Waals surface area contributed by atoms with E-state index in [2.05, 4.69) is 10.1 Å². The molecule has 0 unspecified atom stereocenters. The average Bonchev–Trinajstić information content (AvgIpc) is 2.97. The largest absolute Gasteiger partial charge is 0.396 e. The maximum atomic E-state index is 14.2. The van der Waals surface area contributed by atoms with Crippen LogP contribution in [-0.4, -0.2) is 28.9 Å². The molecule has 1 aromatic carbocycles. The number of anilines is 1. The van der Waals surface area contributed by atoms with E-state index >= 15 is 0 Å². The molecule has 3 aromatic rings. The van der Waals surface area contributed by atoms with Crippen LogP contribution in [0.3, 0.4) is 0 Å². The first kappa shape index (κ1) is 17.1. The molecule has 0 aliphatic heterocycles. The van der Waals surface area contributed by atoms with E-state index in [0.717, 1.165) is 0 Å². The van der Waals surface area contributed by atoms with Crippen LogP contribution < -0.4 is 5.73 Å². The lowest BCUT2D eigenvalue weighted by atomic mass is 10.1. The molecule has 3 rings (SSSR count). The summed E-state index contributed by atoms with van der Waals surface area (Å²) >= 11 is 0. The lowest BCUT2D eigenvalue weighted by molar-refractivity contribution is 0.594. The highest BCUT2D eigenvalue weighted by Crippen LogP contribution is 2.32. The first-order chi connectivity index (χ1) is 11.8. The SMILES string of the molecule is CCS(=O)(=O)c1nc(-c2cn(C)nc2-c2ccccc2F)ccc1N. The summed E-state index contributed by atoms with van der Waals surface area (Å²) in [6.45, 7) is 1.53. The van der Waals surface area contributed by atoms with Gasteiger partial charge < -0.3 is 5.73 Å². The summed E-state index contributed by atoms with van der Waals surface area (Å²) in [5, 5.41) is 4.14. The molecule has 0 saturated carbocycles. The third-order valence-electron chi connectivity index (χ3n) is 3.80. The monoisotopic (exact) mass is 360 g/mol. The maximum Gasteiger partial charge on any atom is 0.197 e. The van der Waals surface area contributed by atoms with E-state index in [1.165, 1.54) is 23.7 Å². The summed E-state index contributed by atoms with van der Waals surface area (Å²) in [5.74, 6) is -0.528. The van der Waals surface area contributed by atoms with E-state index in [1.54, 1.807) is 37.5 Å². The van der Waals surface area contributed by atoms with Crippen LogP contribution in [0.1, 0.15) is 6.92 Å². The third-order valence-corrected chi connectivity index (χ3v) is 5.47. The zero-order chi connectivity index (χ0) is 18.2. The minimum Gasteiger partial charge on any atom is -0.396 e. The van der Waals surface area contributed by atoms with E-state index in [4.69, 9.17) is 5.73 Å². The second-order valence-corrected chi connectivity index (χ2v) is 7.73. The summed E-state index contributed by atoms with van der Waals surface area (Å²) in [7, 11) is -1.87. The van der Waals surface area contributed by atoms with E-state index < -0.39 is 15.7 Å². The molecule has 2 heterocycles. The molecule has 0 aliphatic carbocycles. The molecule has 2 aromatic heterocycles. The number of pyridine rings is 1. The summed E-state index contributed by atoms with van der Waals surface area (Å²) in [4.78, 5) is 4.23. The molecule has 0 spiro atoms. The predicted octanol–water partition coefficient (Wildman–Crippen LogP) is 2.66. The number of aryl methyl sites for hydroxylation is 1. The molecule has 0 saturated heterocycles. The summed E-state index contributed by atoms with van der Waals surface area (Å²) in [6.07, 6.45) is 1.67. The van der Waals surface area contributed by atoms with Gasteiger partial charge in [-0.05, 0) is 24.3 Å². The normalized spacial score (nSPS) is 11.6. The molecule has 8 heteroatoms. The highest BCUT2D eigenvalue weighted by atomic mass is 32.2. The quantitative estimate of drug-likeness (QED) is 0.772. The predicted molar refractivity (Wildman–Crippen MR) is 94.0 cm³/mol. The van der Waals surface area contributed by atoms with Gasteiger partial charge >= 0.3 is 0 Å². The smallest absolute Gasteiger partial charge is 0.197 e. The highest BCUT2D eigenvalue weighted by molar-refractivity contribution is 7.91. The van der Waals surface area contributed by atoms with Gasteiger partial charge in [-0.1, -0.05) is 19.1 Å². The van der Waals surface area contributed by atoms with Crippen molar-refractivity contribution >= 4 is 15.5 Å². The number of sulfone groups is 1. The first-order valence-electron chi connectivity index (χ1n) is 7.61. The number of hydrogen-bond donors (Lipinski definition) is 1. The number of nitrogen functional groups attached to an aromatic ring is 1. The minimum absolute atomic E-state index is 0.0851. The lowest BCUT2D eigenvalue weighted by Gasteiger charge is -2.08. The number of hydrogen-bond acceptors (Lipinski definition) is 5. The van der Waals surface area contributed by atoms with Crippen molar-refractivity contribution < 1.29 is 12.8 Å². The molecule has 25 heavy (non-hydrogen) atoms. The van der Waals surface area contributed by atoms with Crippen molar-refractivity contribution in [1.82, 2.24) is 14.8 Å². The van der Waals surface area contributed by atoms with Gasteiger partial charge in [-0.3, -0.25) is 4.68 Å². The van der Waals surface area contributed by atoms with Gasteiger partial charge in [-0.2, -0.15) is 5.10 Å². The summed E-state index contributed by atoms with van der Waals surface area (Å²) in [5.41, 5.74) is 7.47. The van der Waals surface area contributed by atoms with Gasteiger partial charge in [0.1, 0.15) is 11.5 Å². The van der Waals surface area contributed by atoms with Crippen LogP contribution in [0.2, 0.25) is 0 Å². The lowest BCUT2D eigenvalue weighted by Crippen LogP contribution is -2.10. The molecule has 130 valence electrons. The molecular weight excluding hydrogens is 343 g/mol. The Bertz CT molecular complexity index is 1040. The van der Waals surface area contributed by atoms with Crippen LogP contribution in [0.5, 0.6) is 0 Å². The van der Waals surface area contributed by atoms with Crippen LogP contribution in [0.4, 0.5) is 10.1 Å². The van der Waals surface area contributed by atoms with Crippen LogP contribution in [-0.2, 0) is 16.9 Å². The van der Waals surface area contributed by atoms with Crippen LogP contribution >= 0.6 is 0 Å². The number of benzene rings is 1. The minimum atomic E-state index is -3.58. The van der Waals surface area contributed by atoms with Gasteiger partial charge in [-0.15, -0.1) is 0 Å². The molecule has 0 aliphatic rings. The van der Waals surface area contributed by atoms with Crippen molar-refractivity contribution in [2.24, 2.45) is 7.05 Å². The van der Waals surface area contributed by atoms with Crippen molar-refractivity contribution in [3.05, 3.63) is 48.4 Å². The molecular formula is C17H17FN4O2S. The zero-order valence-electron chi connectivity index (χ0n) is 13.8. The van der Waals surface area contributed by atoms with E-state index in [-0.39, 0.29) is 16.5 Å². The topological polar surface area (TPSA) is 90.9 Å². The number of nitrogens with zero attached hydrogens (tertiary/aromatic N) is 3. The second kappa shape index (κ2) is 6.29. The Balaban J connectivity index is 2.23. The van der Waals surface area contributed by atoms with Gasteiger partial charge in [0.2, 0.25) is 0 Å². The van der Waals surface area contributed by atoms with Crippen molar-refractivity contribution in [3.63, 3.8) is 0 Å². The van der Waals surface area contributed by atoms with Gasteiger partial charge in [0, 0.05) is 24.4 Å². The van der Waals surface area contributed by atoms with Gasteiger partial charge in [-0.25, -0.2) is 17.8 Å². The Morgan fingerprint density at radius 2 is 1.88 bits per heavy atom. The molecule has 0 fully saturated rings. The Kier molecular flexibility index (Phi) is 4.30. The van der Waals surface area contributed by atoms with Crippen molar-refractivity contribution in [1.29, 1.82) is 0 Å². The zero-order valence-corrected chi connectivity index (χ0v) is 14.6. The first-order valence-corrected chi connectivity index (χ1v) is 9.27. The number of rotatable bonds is 4. The Morgan fingerprint density at radius 3 is 2.56 bits per heavy atom. The van der Waals surface area contributed by atoms with Gasteiger partial charge in [0.25, 0.3) is 0 Å². The number of halogens is 1. The van der Waals surface area contributed by atoms with Crippen molar-refractivity contribution in [2.75, 3.05) is 11.5 Å². The van der Waals surface area contributed by atoms with Gasteiger partial charge in [0.15, 0.2) is 14.9 Å². The van der Waals surface area contributed by atoms with E-state index in [0.29, 0.717) is 22.5 Å². The standard InChI is InChI=1S/C17H17FN4O2S/c1-3-25(23,24)17-14(19)8-9-15(20-17)12-10-22(2)21-16(12)11-6-4-5-7-13(11)18/h4-10H,3,19H2,1-2H3. The second-order valence-electron chi connectivity index (χ2n) is 5.54. The number of aromatic nitrogens is 3. The van der Waals surface area contributed by atoms with E-state index in [9.17, 15) is 12.8 Å². The fourth-order valence-corrected chi connectivity index (χ4v) is 3.45. The van der Waals surface area contributed by atoms with E-state index in [1.807, 2.05) is 0 Å². The summed E-state index contributed by atoms with van der Waals surface area (Å²) in [6, 6.07) is 9.35. The highest BCUT2D eigenvalue weighted by Gasteiger charge is 2.21. The molecule has 0 bridgehead atoms. The maximum absolute atomic E-state index is 14.2. The molecule has 6 nitrogen and oxygen atoms in total. The van der Waals surface area contributed by atoms with Crippen molar-refractivity contribution in [2.45, 2.75) is 11.9 Å². The Labute approximate surface area is 145 Å². The third kappa shape index (κ3) is 3.12. The number of nitrogens with two attached hydrogens (primary N) is 1. The molecule has 0 amide bonds.